The summed E-state index contributed by atoms with van der Waals surface area (Å²) in [4.78, 5) is 37.7. The number of carbonyl (C=O) groups excluding carboxylic acids is 3. The summed E-state index contributed by atoms with van der Waals surface area (Å²) in [5.41, 5.74) is 0. The van der Waals surface area contributed by atoms with Crippen molar-refractivity contribution in [3.8, 4) is 0 Å². The number of hydrogen-bond donors (Lipinski definition) is 0. The van der Waals surface area contributed by atoms with Crippen LogP contribution in [0.4, 0.5) is 4.79 Å². The van der Waals surface area contributed by atoms with E-state index in [2.05, 4.69) is 11.3 Å². The van der Waals surface area contributed by atoms with Crippen LogP contribution in [0.1, 0.15) is 12.8 Å². The van der Waals surface area contributed by atoms with Crippen LogP contribution in [0.15, 0.2) is 12.5 Å². The molecule has 2 aliphatic rings. The highest BCUT2D eigenvalue weighted by Crippen LogP contribution is 2.16. The number of amides is 2. The van der Waals surface area contributed by atoms with Crippen LogP contribution in [0.3, 0.4) is 0 Å². The molecule has 2 heterocycles. The molecule has 9 heteroatoms. The third kappa shape index (κ3) is 4.76. The molecule has 9 nitrogen and oxygen atoms in total. The van der Waals surface area contributed by atoms with Crippen LogP contribution in [0.5, 0.6) is 0 Å². The van der Waals surface area contributed by atoms with Crippen LogP contribution >= 0.6 is 0 Å². The van der Waals surface area contributed by atoms with Gasteiger partial charge in [-0.3, -0.25) is 9.59 Å². The number of nitrogens with zero attached hydrogens (tertiary/aromatic N) is 2. The highest BCUT2D eigenvalue weighted by Gasteiger charge is 2.29. The van der Waals surface area contributed by atoms with Crippen molar-refractivity contribution in [2.45, 2.75) is 25.0 Å². The first-order chi connectivity index (χ1) is 10.8. The number of cyclic esters (lactones) is 2. The predicted octanol–water partition coefficient (Wildman–Crippen LogP) is 0.0629. The first kappa shape index (κ1) is 16.9. The lowest BCUT2D eigenvalue weighted by atomic mass is 10.2. The molecule has 2 atom stereocenters. The zero-order chi connectivity index (χ0) is 17.0. The van der Waals surface area contributed by atoms with Gasteiger partial charge in [-0.1, -0.05) is 0 Å². The first-order valence-corrected chi connectivity index (χ1v) is 7.15. The molecule has 128 valence electrons. The van der Waals surface area contributed by atoms with Crippen molar-refractivity contribution >= 4 is 18.0 Å². The van der Waals surface area contributed by atoms with Crippen molar-refractivity contribution in [2.75, 3.05) is 34.0 Å². The van der Waals surface area contributed by atoms with Gasteiger partial charge in [0.15, 0.2) is 0 Å². The van der Waals surface area contributed by atoms with Crippen LogP contribution in [0.2, 0.25) is 0 Å². The number of hydrogen-bond acceptors (Lipinski definition) is 7. The maximum atomic E-state index is 12.1. The Morgan fingerprint density at radius 3 is 2.00 bits per heavy atom. The van der Waals surface area contributed by atoms with Crippen molar-refractivity contribution in [1.82, 2.24) is 9.80 Å². The Labute approximate surface area is 133 Å². The molecule has 0 N–H and O–H groups in total. The molecule has 0 aliphatic carbocycles. The first-order valence-electron chi connectivity index (χ1n) is 7.15. The van der Waals surface area contributed by atoms with Crippen molar-refractivity contribution < 1.29 is 33.3 Å². The lowest BCUT2D eigenvalue weighted by Gasteiger charge is -2.25. The minimum atomic E-state index is -0.766. The molecule has 0 bridgehead atoms. The van der Waals surface area contributed by atoms with Crippen molar-refractivity contribution in [2.24, 2.45) is 0 Å². The number of carbonyl (C=O) groups is 3. The molecule has 23 heavy (non-hydrogen) atoms. The van der Waals surface area contributed by atoms with Crippen molar-refractivity contribution in [3.63, 3.8) is 0 Å². The van der Waals surface area contributed by atoms with Gasteiger partial charge < -0.3 is 28.7 Å². The molecule has 2 rings (SSSR count). The van der Waals surface area contributed by atoms with Gasteiger partial charge in [0.25, 0.3) is 5.95 Å². The molecule has 2 amide bonds. The zero-order valence-electron chi connectivity index (χ0n) is 13.1. The van der Waals surface area contributed by atoms with Crippen molar-refractivity contribution in [3.05, 3.63) is 12.5 Å². The van der Waals surface area contributed by atoms with E-state index in [9.17, 15) is 14.4 Å². The van der Waals surface area contributed by atoms with Crippen LogP contribution < -0.4 is 0 Å². The monoisotopic (exact) mass is 328 g/mol. The van der Waals surface area contributed by atoms with E-state index in [1.54, 1.807) is 14.1 Å². The molecule has 0 aromatic carbocycles. The summed E-state index contributed by atoms with van der Waals surface area (Å²) < 4.78 is 19.7. The van der Waals surface area contributed by atoms with Gasteiger partial charge in [-0.05, 0) is 6.58 Å². The van der Waals surface area contributed by atoms with Gasteiger partial charge >= 0.3 is 6.16 Å². The Morgan fingerprint density at radius 2 is 1.57 bits per heavy atom. The topological polar surface area (TPSA) is 94.6 Å². The maximum absolute atomic E-state index is 12.1. The Bertz CT molecular complexity index is 463. The minimum absolute atomic E-state index is 0.0175. The van der Waals surface area contributed by atoms with Crippen molar-refractivity contribution in [1.29, 1.82) is 0 Å². The summed E-state index contributed by atoms with van der Waals surface area (Å²) in [5.74, 6) is -0.212. The van der Waals surface area contributed by atoms with E-state index < -0.39 is 12.3 Å². The van der Waals surface area contributed by atoms with E-state index in [1.165, 1.54) is 9.80 Å². The molecule has 0 spiro atoms. The summed E-state index contributed by atoms with van der Waals surface area (Å²) >= 11 is 0. The lowest BCUT2D eigenvalue weighted by Crippen LogP contribution is -2.42. The normalized spacial score (nSPS) is 22.7. The lowest BCUT2D eigenvalue weighted by molar-refractivity contribution is -0.139. The Morgan fingerprint density at radius 1 is 1.04 bits per heavy atom. The van der Waals surface area contributed by atoms with Gasteiger partial charge in [0.05, 0.1) is 19.5 Å². The van der Waals surface area contributed by atoms with Crippen LogP contribution in [-0.4, -0.2) is 74.0 Å². The van der Waals surface area contributed by atoms with Gasteiger partial charge in [0.2, 0.25) is 11.8 Å². The molecule has 2 unspecified atom stereocenters. The number of ether oxygens (including phenoxy) is 4. The van der Waals surface area contributed by atoms with E-state index >= 15 is 0 Å². The van der Waals surface area contributed by atoms with Gasteiger partial charge in [-0.15, -0.1) is 0 Å². The summed E-state index contributed by atoms with van der Waals surface area (Å²) in [7, 11) is 3.16. The largest absolute Gasteiger partial charge is 0.508 e. The smallest absolute Gasteiger partial charge is 0.462 e. The Balaban J connectivity index is 1.73. The number of rotatable bonds is 6. The Kier molecular flexibility index (Phi) is 5.30. The minimum Gasteiger partial charge on any atom is -0.462 e. The van der Waals surface area contributed by atoms with Gasteiger partial charge in [0, 0.05) is 14.1 Å². The average molecular weight is 328 g/mol. The zero-order valence-corrected chi connectivity index (χ0v) is 13.1. The van der Waals surface area contributed by atoms with E-state index in [-0.39, 0.29) is 50.0 Å². The summed E-state index contributed by atoms with van der Waals surface area (Å²) in [5, 5.41) is 0. The van der Waals surface area contributed by atoms with Gasteiger partial charge in [0.1, 0.15) is 25.4 Å². The van der Waals surface area contributed by atoms with E-state index in [4.69, 9.17) is 14.2 Å². The SMILES string of the molecule is C=C1OCC(CC(=O)N(C)CN(C)C(=O)CC2COC(=O)O2)O1. The second kappa shape index (κ2) is 7.21. The molecule has 0 saturated carbocycles. The summed E-state index contributed by atoms with van der Waals surface area (Å²) in [6.07, 6.45) is -1.53. The maximum Gasteiger partial charge on any atom is 0.508 e. The van der Waals surface area contributed by atoms with Gasteiger partial charge in [-0.25, -0.2) is 4.79 Å². The van der Waals surface area contributed by atoms with Crippen LogP contribution in [-0.2, 0) is 28.5 Å². The van der Waals surface area contributed by atoms with Crippen LogP contribution in [0.25, 0.3) is 0 Å². The highest BCUT2D eigenvalue weighted by atomic mass is 16.8. The Hall–Kier alpha value is -2.45. The fourth-order valence-corrected chi connectivity index (χ4v) is 2.18. The third-order valence-corrected chi connectivity index (χ3v) is 3.46. The predicted molar refractivity (Wildman–Crippen MR) is 75.8 cm³/mol. The van der Waals surface area contributed by atoms with E-state index in [0.29, 0.717) is 6.61 Å². The standard InChI is InChI=1S/C14H20N2O7/c1-9-20-6-10(22-9)4-12(17)15(2)8-16(3)13(18)5-11-7-21-14(19)23-11/h10-11H,1,4-8H2,2-3H3. The molecular formula is C14H20N2O7. The summed E-state index contributed by atoms with van der Waals surface area (Å²) in [6.45, 7) is 3.99. The third-order valence-electron chi connectivity index (χ3n) is 3.46. The molecule has 2 aliphatic heterocycles. The molecule has 2 fully saturated rings. The second-order valence-electron chi connectivity index (χ2n) is 5.46. The molecule has 2 saturated heterocycles. The van der Waals surface area contributed by atoms with Gasteiger partial charge in [-0.2, -0.15) is 0 Å². The highest BCUT2D eigenvalue weighted by molar-refractivity contribution is 5.79. The average Bonchev–Trinajstić information content (AvgIpc) is 3.07. The molecular weight excluding hydrogens is 308 g/mol. The van der Waals surface area contributed by atoms with E-state index in [0.717, 1.165) is 0 Å². The van der Waals surface area contributed by atoms with Crippen LogP contribution in [0, 0.1) is 0 Å². The molecule has 0 aromatic heterocycles. The summed E-state index contributed by atoms with van der Waals surface area (Å²) in [6, 6.07) is 0. The fourth-order valence-electron chi connectivity index (χ4n) is 2.18. The van der Waals surface area contributed by atoms with E-state index in [1.807, 2.05) is 0 Å². The second-order valence-corrected chi connectivity index (χ2v) is 5.46. The molecule has 0 aromatic rings. The quantitative estimate of drug-likeness (QED) is 0.503. The fraction of sp³-hybridized carbons (Fsp3) is 0.643. The molecule has 0 radical (unpaired) electrons.